The van der Waals surface area contributed by atoms with Crippen molar-refractivity contribution in [3.05, 3.63) is 72.0 Å². The molecule has 158 valence electrons. The summed E-state index contributed by atoms with van der Waals surface area (Å²) in [7, 11) is 0. The van der Waals surface area contributed by atoms with Crippen molar-refractivity contribution in [1.29, 1.82) is 0 Å². The average Bonchev–Trinajstić information content (AvgIpc) is 3.46. The van der Waals surface area contributed by atoms with E-state index in [0.29, 0.717) is 23.3 Å². The van der Waals surface area contributed by atoms with Gasteiger partial charge in [0.1, 0.15) is 0 Å². The Labute approximate surface area is 185 Å². The lowest BCUT2D eigenvalue weighted by Crippen LogP contribution is -2.46. The van der Waals surface area contributed by atoms with Crippen molar-refractivity contribution in [1.82, 2.24) is 34.7 Å². The summed E-state index contributed by atoms with van der Waals surface area (Å²) in [6.45, 7) is 5.17. The summed E-state index contributed by atoms with van der Waals surface area (Å²) in [6, 6.07) is 13.5. The maximum atomic E-state index is 5.95. The van der Waals surface area contributed by atoms with Crippen LogP contribution in [0.25, 0.3) is 22.6 Å². The molecule has 4 aromatic rings. The SMILES string of the molecule is Clc1ccc(-c2noc(CN3CCN(Cn4nccc4-c4cccnc4)CC3)n2)cc1. The van der Waals surface area contributed by atoms with Gasteiger partial charge in [0.05, 0.1) is 18.9 Å². The minimum Gasteiger partial charge on any atom is -0.338 e. The molecule has 31 heavy (non-hydrogen) atoms. The zero-order valence-corrected chi connectivity index (χ0v) is 17.7. The summed E-state index contributed by atoms with van der Waals surface area (Å²) in [5.41, 5.74) is 3.05. The number of piperazine rings is 1. The molecule has 8 nitrogen and oxygen atoms in total. The molecule has 1 fully saturated rings. The van der Waals surface area contributed by atoms with Crippen molar-refractivity contribution in [3.63, 3.8) is 0 Å². The van der Waals surface area contributed by atoms with Crippen LogP contribution in [-0.4, -0.2) is 60.9 Å². The van der Waals surface area contributed by atoms with E-state index in [1.807, 2.05) is 53.5 Å². The van der Waals surface area contributed by atoms with E-state index in [-0.39, 0.29) is 0 Å². The van der Waals surface area contributed by atoms with Crippen molar-refractivity contribution in [2.75, 3.05) is 26.2 Å². The van der Waals surface area contributed by atoms with Crippen LogP contribution in [0.4, 0.5) is 0 Å². The van der Waals surface area contributed by atoms with E-state index in [4.69, 9.17) is 16.1 Å². The molecule has 9 heteroatoms. The molecule has 0 unspecified atom stereocenters. The van der Waals surface area contributed by atoms with Crippen molar-refractivity contribution in [2.24, 2.45) is 0 Å². The summed E-state index contributed by atoms with van der Waals surface area (Å²) >= 11 is 5.95. The van der Waals surface area contributed by atoms with Crippen molar-refractivity contribution in [2.45, 2.75) is 13.2 Å². The normalized spacial score (nSPS) is 15.4. The number of hydrogen-bond donors (Lipinski definition) is 0. The minimum atomic E-state index is 0.590. The Bertz CT molecular complexity index is 1120. The maximum absolute atomic E-state index is 5.95. The van der Waals surface area contributed by atoms with Crippen LogP contribution in [0.15, 0.2) is 65.6 Å². The highest BCUT2D eigenvalue weighted by atomic mass is 35.5. The second kappa shape index (κ2) is 8.97. The average molecular weight is 436 g/mol. The van der Waals surface area contributed by atoms with Gasteiger partial charge in [-0.1, -0.05) is 16.8 Å². The molecule has 1 saturated heterocycles. The molecule has 0 aliphatic carbocycles. The second-order valence-electron chi connectivity index (χ2n) is 7.51. The van der Waals surface area contributed by atoms with Gasteiger partial charge in [0.15, 0.2) is 0 Å². The van der Waals surface area contributed by atoms with Crippen LogP contribution in [0.3, 0.4) is 0 Å². The predicted molar refractivity (Wildman–Crippen MR) is 117 cm³/mol. The number of rotatable bonds is 6. The van der Waals surface area contributed by atoms with E-state index in [0.717, 1.165) is 49.7 Å². The molecule has 3 aromatic heterocycles. The van der Waals surface area contributed by atoms with Gasteiger partial charge in [-0.25, -0.2) is 0 Å². The van der Waals surface area contributed by atoms with Gasteiger partial charge in [0.2, 0.25) is 11.7 Å². The quantitative estimate of drug-likeness (QED) is 0.459. The zero-order valence-electron chi connectivity index (χ0n) is 16.9. The Hall–Kier alpha value is -3.07. The number of aromatic nitrogens is 5. The number of nitrogens with zero attached hydrogens (tertiary/aromatic N) is 7. The van der Waals surface area contributed by atoms with Crippen LogP contribution < -0.4 is 0 Å². The topological polar surface area (TPSA) is 76.1 Å². The van der Waals surface area contributed by atoms with E-state index >= 15 is 0 Å². The summed E-state index contributed by atoms with van der Waals surface area (Å²) in [6.07, 6.45) is 5.49. The highest BCUT2D eigenvalue weighted by Crippen LogP contribution is 2.20. The molecule has 1 aliphatic heterocycles. The first-order chi connectivity index (χ1) is 15.2. The van der Waals surface area contributed by atoms with Gasteiger partial charge >= 0.3 is 0 Å². The van der Waals surface area contributed by atoms with Crippen LogP contribution in [0.1, 0.15) is 5.89 Å². The molecule has 0 N–H and O–H groups in total. The molecular weight excluding hydrogens is 414 g/mol. The standard InChI is InChI=1S/C22H22ClN7O/c23-19-5-3-17(4-6-19)22-26-21(31-27-22)15-28-10-12-29(13-11-28)16-30-20(7-9-25-30)18-2-1-8-24-14-18/h1-9,14H,10-13,15-16H2. The molecular formula is C22H22ClN7O. The lowest BCUT2D eigenvalue weighted by Gasteiger charge is -2.33. The van der Waals surface area contributed by atoms with E-state index in [2.05, 4.69) is 36.1 Å². The van der Waals surface area contributed by atoms with Gasteiger partial charge in [0.25, 0.3) is 0 Å². The second-order valence-corrected chi connectivity index (χ2v) is 7.95. The van der Waals surface area contributed by atoms with Gasteiger partial charge in [-0.2, -0.15) is 10.1 Å². The zero-order chi connectivity index (χ0) is 21.0. The predicted octanol–water partition coefficient (Wildman–Crippen LogP) is 3.42. The summed E-state index contributed by atoms with van der Waals surface area (Å²) in [5.74, 6) is 1.22. The van der Waals surface area contributed by atoms with E-state index in [9.17, 15) is 0 Å². The Morgan fingerprint density at radius 2 is 1.71 bits per heavy atom. The Morgan fingerprint density at radius 1 is 0.903 bits per heavy atom. The van der Waals surface area contributed by atoms with Gasteiger partial charge < -0.3 is 4.52 Å². The maximum Gasteiger partial charge on any atom is 0.241 e. The minimum absolute atomic E-state index is 0.590. The summed E-state index contributed by atoms with van der Waals surface area (Å²) in [4.78, 5) is 13.5. The number of pyridine rings is 1. The Kier molecular flexibility index (Phi) is 5.75. The van der Waals surface area contributed by atoms with Gasteiger partial charge in [-0.05, 0) is 42.5 Å². The van der Waals surface area contributed by atoms with Crippen LogP contribution >= 0.6 is 11.6 Å². The first-order valence-corrected chi connectivity index (χ1v) is 10.6. The molecule has 0 atom stereocenters. The van der Waals surface area contributed by atoms with Crippen LogP contribution in [0, 0.1) is 0 Å². The molecule has 1 aromatic carbocycles. The number of benzene rings is 1. The first-order valence-electron chi connectivity index (χ1n) is 10.2. The van der Waals surface area contributed by atoms with Gasteiger partial charge in [-0.15, -0.1) is 0 Å². The molecule has 5 rings (SSSR count). The fraction of sp³-hybridized carbons (Fsp3) is 0.273. The highest BCUT2D eigenvalue weighted by molar-refractivity contribution is 6.30. The van der Waals surface area contributed by atoms with Gasteiger partial charge in [0, 0.05) is 60.9 Å². The third kappa shape index (κ3) is 4.66. The largest absolute Gasteiger partial charge is 0.338 e. The molecule has 0 saturated carbocycles. The fourth-order valence-corrected chi connectivity index (χ4v) is 3.84. The highest BCUT2D eigenvalue weighted by Gasteiger charge is 2.20. The molecule has 0 spiro atoms. The Balaban J connectivity index is 1.16. The Morgan fingerprint density at radius 3 is 2.48 bits per heavy atom. The first kappa shape index (κ1) is 19.9. The van der Waals surface area contributed by atoms with Crippen LogP contribution in [0.5, 0.6) is 0 Å². The molecule has 0 bridgehead atoms. The van der Waals surface area contributed by atoms with Gasteiger partial charge in [-0.3, -0.25) is 19.5 Å². The molecule has 0 radical (unpaired) electrons. The fourth-order valence-electron chi connectivity index (χ4n) is 3.71. The van der Waals surface area contributed by atoms with Crippen LogP contribution in [0.2, 0.25) is 5.02 Å². The van der Waals surface area contributed by atoms with E-state index in [1.165, 1.54) is 0 Å². The van der Waals surface area contributed by atoms with Crippen LogP contribution in [-0.2, 0) is 13.2 Å². The molecule has 4 heterocycles. The summed E-state index contributed by atoms with van der Waals surface area (Å²) in [5, 5.41) is 9.29. The third-order valence-corrected chi connectivity index (χ3v) is 5.65. The smallest absolute Gasteiger partial charge is 0.241 e. The number of halogens is 1. The van der Waals surface area contributed by atoms with Crippen molar-refractivity contribution >= 4 is 11.6 Å². The third-order valence-electron chi connectivity index (χ3n) is 5.40. The lowest BCUT2D eigenvalue weighted by atomic mass is 10.2. The number of hydrogen-bond acceptors (Lipinski definition) is 7. The van der Waals surface area contributed by atoms with Crippen molar-refractivity contribution in [3.8, 4) is 22.6 Å². The monoisotopic (exact) mass is 435 g/mol. The van der Waals surface area contributed by atoms with Crippen molar-refractivity contribution < 1.29 is 4.52 Å². The molecule has 1 aliphatic rings. The molecule has 0 amide bonds. The summed E-state index contributed by atoms with van der Waals surface area (Å²) < 4.78 is 7.49. The lowest BCUT2D eigenvalue weighted by molar-refractivity contribution is 0.0920. The van der Waals surface area contributed by atoms with E-state index in [1.54, 1.807) is 6.20 Å². The van der Waals surface area contributed by atoms with E-state index < -0.39 is 0 Å².